The second kappa shape index (κ2) is 5.78. The first-order valence-electron chi connectivity index (χ1n) is 7.54. The predicted octanol–water partition coefficient (Wildman–Crippen LogP) is 2.22. The van der Waals surface area contributed by atoms with Gasteiger partial charge in [0.2, 0.25) is 0 Å². The number of ether oxygens (including phenoxy) is 1. The summed E-state index contributed by atoms with van der Waals surface area (Å²) in [5.41, 5.74) is 2.22. The molecule has 3 heterocycles. The van der Waals surface area contributed by atoms with E-state index < -0.39 is 0 Å². The Hall–Kier alpha value is -2.20. The van der Waals surface area contributed by atoms with Crippen molar-refractivity contribution in [3.8, 4) is 6.07 Å². The molecule has 1 aliphatic rings. The molecule has 3 aromatic rings. The molecule has 5 nitrogen and oxygen atoms in total. The molecule has 0 spiro atoms. The maximum absolute atomic E-state index is 12.6. The predicted molar refractivity (Wildman–Crippen MR) is 89.9 cm³/mol. The number of benzene rings is 1. The maximum Gasteiger partial charge on any atom is 0.256 e. The van der Waals surface area contributed by atoms with E-state index in [1.165, 1.54) is 11.3 Å². The lowest BCUT2D eigenvalue weighted by Crippen LogP contribution is -2.36. The number of nitrogens with zero attached hydrogens (tertiary/aromatic N) is 3. The molecule has 23 heavy (non-hydrogen) atoms. The first-order valence-corrected chi connectivity index (χ1v) is 8.36. The van der Waals surface area contributed by atoms with Gasteiger partial charge in [-0.05, 0) is 17.7 Å². The van der Waals surface area contributed by atoms with Gasteiger partial charge in [0.05, 0.1) is 29.0 Å². The minimum Gasteiger partial charge on any atom is -0.379 e. The van der Waals surface area contributed by atoms with Crippen LogP contribution in [0.1, 0.15) is 11.1 Å². The summed E-state index contributed by atoms with van der Waals surface area (Å²) in [6, 6.07) is 11.7. The molecular weight excluding hydrogens is 310 g/mol. The Kier molecular flexibility index (Phi) is 3.62. The Labute approximate surface area is 136 Å². The van der Waals surface area contributed by atoms with Crippen LogP contribution in [0.3, 0.4) is 0 Å². The van der Waals surface area contributed by atoms with E-state index in [2.05, 4.69) is 11.0 Å². The van der Waals surface area contributed by atoms with Gasteiger partial charge < -0.3 is 4.74 Å². The fourth-order valence-electron chi connectivity index (χ4n) is 3.04. The minimum absolute atomic E-state index is 0.0697. The summed E-state index contributed by atoms with van der Waals surface area (Å²) < 4.78 is 8.03. The Morgan fingerprint density at radius 3 is 2.83 bits per heavy atom. The van der Waals surface area contributed by atoms with Crippen molar-refractivity contribution in [1.29, 1.82) is 5.26 Å². The molecule has 6 heteroatoms. The summed E-state index contributed by atoms with van der Waals surface area (Å²) in [6.07, 6.45) is 0. The molecule has 1 aliphatic heterocycles. The van der Waals surface area contributed by atoms with Crippen molar-refractivity contribution in [2.45, 2.75) is 6.54 Å². The SMILES string of the molecule is N#Cc1c(CN2CCOCC2)cc(=O)n2c1sc1ccccc12. The van der Waals surface area contributed by atoms with E-state index in [1.807, 2.05) is 24.3 Å². The summed E-state index contributed by atoms with van der Waals surface area (Å²) in [7, 11) is 0. The molecule has 0 bridgehead atoms. The lowest BCUT2D eigenvalue weighted by Gasteiger charge is -2.26. The minimum atomic E-state index is -0.0697. The number of nitriles is 1. The lowest BCUT2D eigenvalue weighted by molar-refractivity contribution is 0.0341. The molecular formula is C17H15N3O2S. The number of hydrogen-bond donors (Lipinski definition) is 0. The highest BCUT2D eigenvalue weighted by Crippen LogP contribution is 2.28. The summed E-state index contributed by atoms with van der Waals surface area (Å²) in [5.74, 6) is 0. The van der Waals surface area contributed by atoms with Crippen LogP contribution in [0.2, 0.25) is 0 Å². The highest BCUT2D eigenvalue weighted by molar-refractivity contribution is 7.24. The smallest absolute Gasteiger partial charge is 0.256 e. The molecule has 0 atom stereocenters. The Morgan fingerprint density at radius 2 is 2.04 bits per heavy atom. The molecule has 4 rings (SSSR count). The van der Waals surface area contributed by atoms with Crippen LogP contribution in [0.4, 0.5) is 0 Å². The van der Waals surface area contributed by atoms with Gasteiger partial charge >= 0.3 is 0 Å². The average molecular weight is 325 g/mol. The van der Waals surface area contributed by atoms with Crippen LogP contribution in [0.5, 0.6) is 0 Å². The van der Waals surface area contributed by atoms with E-state index in [9.17, 15) is 10.1 Å². The molecule has 1 fully saturated rings. The fourth-order valence-corrected chi connectivity index (χ4v) is 4.21. The average Bonchev–Trinajstić information content (AvgIpc) is 2.96. The van der Waals surface area contributed by atoms with E-state index in [0.29, 0.717) is 25.3 Å². The highest BCUT2D eigenvalue weighted by Gasteiger charge is 2.18. The molecule has 1 aromatic carbocycles. The Morgan fingerprint density at radius 1 is 1.26 bits per heavy atom. The zero-order chi connectivity index (χ0) is 15.8. The number of fused-ring (bicyclic) bond motifs is 3. The van der Waals surface area contributed by atoms with Crippen molar-refractivity contribution >= 4 is 26.4 Å². The molecule has 2 aromatic heterocycles. The number of hydrogen-bond acceptors (Lipinski definition) is 5. The molecule has 0 aliphatic carbocycles. The summed E-state index contributed by atoms with van der Waals surface area (Å²) in [6.45, 7) is 3.68. The van der Waals surface area contributed by atoms with Crippen LogP contribution >= 0.6 is 11.3 Å². The van der Waals surface area contributed by atoms with E-state index in [4.69, 9.17) is 4.74 Å². The quantitative estimate of drug-likeness (QED) is 0.725. The van der Waals surface area contributed by atoms with Gasteiger partial charge in [-0.25, -0.2) is 0 Å². The lowest BCUT2D eigenvalue weighted by atomic mass is 10.1. The van der Waals surface area contributed by atoms with Crippen LogP contribution in [-0.2, 0) is 11.3 Å². The summed E-state index contributed by atoms with van der Waals surface area (Å²) >= 11 is 1.50. The number of rotatable bonds is 2. The van der Waals surface area contributed by atoms with E-state index in [-0.39, 0.29) is 5.56 Å². The van der Waals surface area contributed by atoms with Crippen molar-refractivity contribution in [3.05, 3.63) is 51.8 Å². The summed E-state index contributed by atoms with van der Waals surface area (Å²) in [4.78, 5) is 15.6. The fraction of sp³-hybridized carbons (Fsp3) is 0.294. The van der Waals surface area contributed by atoms with E-state index in [1.54, 1.807) is 10.5 Å². The van der Waals surface area contributed by atoms with Gasteiger partial charge in [-0.1, -0.05) is 12.1 Å². The molecule has 0 amide bonds. The zero-order valence-corrected chi connectivity index (χ0v) is 13.3. The monoisotopic (exact) mass is 325 g/mol. The largest absolute Gasteiger partial charge is 0.379 e. The van der Waals surface area contributed by atoms with E-state index in [0.717, 1.165) is 33.7 Å². The van der Waals surface area contributed by atoms with Gasteiger partial charge in [-0.15, -0.1) is 11.3 Å². The number of thiazole rings is 1. The Balaban J connectivity index is 1.90. The second-order valence-corrected chi connectivity index (χ2v) is 6.62. The maximum atomic E-state index is 12.6. The van der Waals surface area contributed by atoms with Gasteiger partial charge in [-0.3, -0.25) is 14.1 Å². The van der Waals surface area contributed by atoms with Crippen LogP contribution in [0.15, 0.2) is 35.1 Å². The molecule has 1 saturated heterocycles. The molecule has 0 N–H and O–H groups in total. The second-order valence-electron chi connectivity index (χ2n) is 5.59. The van der Waals surface area contributed by atoms with Crippen molar-refractivity contribution in [3.63, 3.8) is 0 Å². The van der Waals surface area contributed by atoms with Crippen molar-refractivity contribution in [2.75, 3.05) is 26.3 Å². The molecule has 0 saturated carbocycles. The van der Waals surface area contributed by atoms with Crippen LogP contribution in [-0.4, -0.2) is 35.6 Å². The molecule has 0 unspecified atom stereocenters. The number of para-hydroxylation sites is 1. The van der Waals surface area contributed by atoms with Crippen molar-refractivity contribution in [2.24, 2.45) is 0 Å². The van der Waals surface area contributed by atoms with Gasteiger partial charge in [0.15, 0.2) is 0 Å². The third kappa shape index (κ3) is 2.43. The first-order chi connectivity index (χ1) is 11.3. The molecule has 0 radical (unpaired) electrons. The Bertz CT molecular complexity index is 977. The number of aromatic nitrogens is 1. The third-order valence-corrected chi connectivity index (χ3v) is 5.32. The van der Waals surface area contributed by atoms with Gasteiger partial charge in [0, 0.05) is 25.7 Å². The number of pyridine rings is 1. The summed E-state index contributed by atoms with van der Waals surface area (Å²) in [5, 5.41) is 9.66. The molecule has 116 valence electrons. The van der Waals surface area contributed by atoms with E-state index >= 15 is 0 Å². The van der Waals surface area contributed by atoms with Crippen LogP contribution < -0.4 is 5.56 Å². The van der Waals surface area contributed by atoms with Crippen LogP contribution in [0.25, 0.3) is 15.0 Å². The topological polar surface area (TPSA) is 57.7 Å². The zero-order valence-electron chi connectivity index (χ0n) is 12.5. The first kappa shape index (κ1) is 14.4. The van der Waals surface area contributed by atoms with Crippen LogP contribution in [0, 0.1) is 11.3 Å². The van der Waals surface area contributed by atoms with Crippen molar-refractivity contribution < 1.29 is 4.74 Å². The normalized spacial score (nSPS) is 16.0. The van der Waals surface area contributed by atoms with Crippen molar-refractivity contribution in [1.82, 2.24) is 9.30 Å². The standard InChI is InChI=1S/C17H15N3O2S/c18-10-13-12(11-19-5-7-22-8-6-19)9-16(21)20-14-3-1-2-4-15(14)23-17(13)20/h1-4,9H,5-8,11H2. The highest BCUT2D eigenvalue weighted by atomic mass is 32.1. The van der Waals surface area contributed by atoms with Gasteiger partial charge in [0.1, 0.15) is 10.9 Å². The van der Waals surface area contributed by atoms with Gasteiger partial charge in [0.25, 0.3) is 5.56 Å². The number of morpholine rings is 1. The van der Waals surface area contributed by atoms with Gasteiger partial charge in [-0.2, -0.15) is 5.26 Å². The third-order valence-electron chi connectivity index (χ3n) is 4.18.